The molecule has 0 saturated heterocycles. The fourth-order valence-electron chi connectivity index (χ4n) is 2.36. The second kappa shape index (κ2) is 11.4. The molecule has 5 nitrogen and oxygen atoms in total. The molecule has 2 unspecified atom stereocenters. The molecule has 0 radical (unpaired) electrons. The Morgan fingerprint density at radius 1 is 0.889 bits per heavy atom. The first kappa shape index (κ1) is 21.0. The average molecular weight is 388 g/mol. The first-order valence-corrected chi connectivity index (χ1v) is 9.30. The molecule has 0 amide bonds. The highest BCUT2D eigenvalue weighted by atomic mass is 32.1. The summed E-state index contributed by atoms with van der Waals surface area (Å²) in [6.45, 7) is 2.06. The van der Waals surface area contributed by atoms with Crippen molar-refractivity contribution in [2.45, 2.75) is 44.5 Å². The van der Waals surface area contributed by atoms with Gasteiger partial charge < -0.3 is 14.2 Å². The first-order valence-electron chi connectivity index (χ1n) is 8.78. The zero-order valence-electron chi connectivity index (χ0n) is 15.2. The van der Waals surface area contributed by atoms with Crippen LogP contribution in [0.25, 0.3) is 0 Å². The molecule has 0 fully saturated rings. The van der Waals surface area contributed by atoms with Gasteiger partial charge >= 0.3 is 11.9 Å². The van der Waals surface area contributed by atoms with E-state index >= 15 is 0 Å². The molecule has 27 heavy (non-hydrogen) atoms. The van der Waals surface area contributed by atoms with Crippen LogP contribution in [0.2, 0.25) is 0 Å². The molecular weight excluding hydrogens is 364 g/mol. The zero-order valence-corrected chi connectivity index (χ0v) is 16.1. The number of hydrogen-bond acceptors (Lipinski definition) is 6. The van der Waals surface area contributed by atoms with Gasteiger partial charge in [-0.25, -0.2) is 4.79 Å². The molecule has 0 heterocycles. The molecule has 2 rings (SSSR count). The molecule has 2 aromatic carbocycles. The van der Waals surface area contributed by atoms with Crippen LogP contribution in [0.4, 0.5) is 0 Å². The van der Waals surface area contributed by atoms with Gasteiger partial charge in [-0.15, -0.1) is 12.6 Å². The molecule has 0 aliphatic rings. The minimum atomic E-state index is -0.870. The molecule has 144 valence electrons. The van der Waals surface area contributed by atoms with E-state index in [4.69, 9.17) is 14.2 Å². The molecule has 0 N–H and O–H groups in total. The number of carbonyl (C=O) groups is 2. The standard InChI is InChI=1S/C21H24O5S/c1-16(27)26-19(21(23)25-15-18-10-6-3-7-11-18)12-13-20(22)24-14-17-8-4-2-5-9-17/h2-11,16,19,27H,12-15H2,1H3. The van der Waals surface area contributed by atoms with Gasteiger partial charge in [-0.3, -0.25) is 4.79 Å². The predicted molar refractivity (Wildman–Crippen MR) is 105 cm³/mol. The van der Waals surface area contributed by atoms with Crippen LogP contribution in [0, 0.1) is 0 Å². The van der Waals surface area contributed by atoms with Gasteiger partial charge in [-0.05, 0) is 24.5 Å². The lowest BCUT2D eigenvalue weighted by atomic mass is 10.2. The minimum absolute atomic E-state index is 0.0540. The van der Waals surface area contributed by atoms with Crippen LogP contribution in [-0.4, -0.2) is 23.5 Å². The van der Waals surface area contributed by atoms with Gasteiger partial charge in [0.2, 0.25) is 0 Å². The second-order valence-electron chi connectivity index (χ2n) is 6.00. The summed E-state index contributed by atoms with van der Waals surface area (Å²) >= 11 is 4.16. The lowest BCUT2D eigenvalue weighted by Gasteiger charge is -2.18. The van der Waals surface area contributed by atoms with Crippen molar-refractivity contribution in [3.63, 3.8) is 0 Å². The van der Waals surface area contributed by atoms with Crippen molar-refractivity contribution in [3.8, 4) is 0 Å². The fourth-order valence-corrected chi connectivity index (χ4v) is 2.51. The molecule has 0 bridgehead atoms. The Balaban J connectivity index is 1.80. The Labute approximate surface area is 165 Å². The number of ether oxygens (including phenoxy) is 3. The zero-order chi connectivity index (χ0) is 19.5. The number of carbonyl (C=O) groups excluding carboxylic acids is 2. The Hall–Kier alpha value is -2.31. The third-order valence-electron chi connectivity index (χ3n) is 3.70. The number of benzene rings is 2. The SMILES string of the molecule is CC(S)OC(CCC(=O)OCc1ccccc1)C(=O)OCc1ccccc1. The maximum Gasteiger partial charge on any atom is 0.335 e. The van der Waals surface area contributed by atoms with E-state index in [1.807, 2.05) is 60.7 Å². The predicted octanol–water partition coefficient (Wildman–Crippen LogP) is 3.91. The van der Waals surface area contributed by atoms with Gasteiger partial charge in [-0.1, -0.05) is 60.7 Å². The van der Waals surface area contributed by atoms with Crippen molar-refractivity contribution in [2.75, 3.05) is 0 Å². The monoisotopic (exact) mass is 388 g/mol. The Morgan fingerprint density at radius 3 is 1.93 bits per heavy atom. The van der Waals surface area contributed by atoms with Crippen molar-refractivity contribution >= 4 is 24.6 Å². The second-order valence-corrected chi connectivity index (χ2v) is 6.73. The lowest BCUT2D eigenvalue weighted by Crippen LogP contribution is -2.29. The Kier molecular flexibility index (Phi) is 8.87. The topological polar surface area (TPSA) is 61.8 Å². The molecule has 0 aliphatic carbocycles. The third-order valence-corrected chi connectivity index (χ3v) is 3.82. The van der Waals surface area contributed by atoms with E-state index in [0.717, 1.165) is 11.1 Å². The summed E-state index contributed by atoms with van der Waals surface area (Å²) in [5.74, 6) is -0.911. The molecule has 2 aromatic rings. The van der Waals surface area contributed by atoms with Crippen LogP contribution in [0.3, 0.4) is 0 Å². The van der Waals surface area contributed by atoms with Crippen LogP contribution in [0.1, 0.15) is 30.9 Å². The van der Waals surface area contributed by atoms with Crippen molar-refractivity contribution in [2.24, 2.45) is 0 Å². The summed E-state index contributed by atoms with van der Waals surface area (Å²) in [7, 11) is 0. The third kappa shape index (κ3) is 8.28. The Morgan fingerprint density at radius 2 is 1.41 bits per heavy atom. The van der Waals surface area contributed by atoms with Gasteiger partial charge in [-0.2, -0.15) is 0 Å². The van der Waals surface area contributed by atoms with Crippen LogP contribution in [0.15, 0.2) is 60.7 Å². The first-order chi connectivity index (χ1) is 13.0. The smallest absolute Gasteiger partial charge is 0.335 e. The van der Waals surface area contributed by atoms with E-state index in [2.05, 4.69) is 12.6 Å². The van der Waals surface area contributed by atoms with Gasteiger partial charge in [0.1, 0.15) is 13.2 Å². The highest BCUT2D eigenvalue weighted by Gasteiger charge is 2.24. The maximum absolute atomic E-state index is 12.3. The van der Waals surface area contributed by atoms with Gasteiger partial charge in [0.05, 0.1) is 5.44 Å². The molecular formula is C21H24O5S. The highest BCUT2D eigenvalue weighted by Crippen LogP contribution is 2.13. The quantitative estimate of drug-likeness (QED) is 0.380. The van der Waals surface area contributed by atoms with Gasteiger partial charge in [0.15, 0.2) is 6.10 Å². The van der Waals surface area contributed by atoms with E-state index in [1.165, 1.54) is 0 Å². The van der Waals surface area contributed by atoms with Gasteiger partial charge in [0, 0.05) is 6.42 Å². The molecule has 2 atom stereocenters. The van der Waals surface area contributed by atoms with Crippen LogP contribution >= 0.6 is 12.6 Å². The molecule has 0 saturated carbocycles. The lowest BCUT2D eigenvalue weighted by molar-refractivity contribution is -0.160. The largest absolute Gasteiger partial charge is 0.461 e. The van der Waals surface area contributed by atoms with E-state index in [0.29, 0.717) is 0 Å². The fraction of sp³-hybridized carbons (Fsp3) is 0.333. The molecule has 0 spiro atoms. The summed E-state index contributed by atoms with van der Waals surface area (Å²) in [4.78, 5) is 24.3. The van der Waals surface area contributed by atoms with Crippen molar-refractivity contribution < 1.29 is 23.8 Å². The molecule has 6 heteroatoms. The van der Waals surface area contributed by atoms with Gasteiger partial charge in [0.25, 0.3) is 0 Å². The number of hydrogen-bond donors (Lipinski definition) is 1. The number of rotatable bonds is 10. The number of esters is 2. The van der Waals surface area contributed by atoms with Crippen LogP contribution in [0.5, 0.6) is 0 Å². The van der Waals surface area contributed by atoms with Crippen molar-refractivity contribution in [1.82, 2.24) is 0 Å². The van der Waals surface area contributed by atoms with E-state index in [1.54, 1.807) is 6.92 Å². The minimum Gasteiger partial charge on any atom is -0.461 e. The van der Waals surface area contributed by atoms with E-state index in [-0.39, 0.29) is 26.1 Å². The van der Waals surface area contributed by atoms with Crippen LogP contribution < -0.4 is 0 Å². The Bertz CT molecular complexity index is 703. The summed E-state index contributed by atoms with van der Waals surface area (Å²) in [5.41, 5.74) is 1.33. The maximum atomic E-state index is 12.3. The average Bonchev–Trinajstić information content (AvgIpc) is 2.69. The summed E-state index contributed by atoms with van der Waals surface area (Å²) in [5, 5.41) is 0. The van der Waals surface area contributed by atoms with E-state index < -0.39 is 23.5 Å². The van der Waals surface area contributed by atoms with E-state index in [9.17, 15) is 9.59 Å². The van der Waals surface area contributed by atoms with Crippen molar-refractivity contribution in [3.05, 3.63) is 71.8 Å². The van der Waals surface area contributed by atoms with Crippen molar-refractivity contribution in [1.29, 1.82) is 0 Å². The number of thiol groups is 1. The summed E-state index contributed by atoms with van der Waals surface area (Å²) < 4.78 is 16.0. The molecule has 0 aromatic heterocycles. The van der Waals surface area contributed by atoms with Crippen LogP contribution in [-0.2, 0) is 37.0 Å². The normalized spacial score (nSPS) is 12.8. The highest BCUT2D eigenvalue weighted by molar-refractivity contribution is 7.80. The molecule has 0 aliphatic heterocycles. The summed E-state index contributed by atoms with van der Waals surface area (Å²) in [6, 6.07) is 18.8. The summed E-state index contributed by atoms with van der Waals surface area (Å²) in [6.07, 6.45) is -0.643.